The molecule has 4 nitrogen and oxygen atoms in total. The number of nitrogens with zero attached hydrogens (tertiary/aromatic N) is 1. The van der Waals surface area contributed by atoms with Gasteiger partial charge in [-0.15, -0.1) is 0 Å². The maximum absolute atomic E-state index is 12.0. The monoisotopic (exact) mass is 363 g/mol. The zero-order chi connectivity index (χ0) is 13.5. The highest BCUT2D eigenvalue weighted by molar-refractivity contribution is 14.1. The van der Waals surface area contributed by atoms with Crippen LogP contribution in [0, 0.1) is 3.57 Å². The van der Waals surface area contributed by atoms with Crippen LogP contribution in [-0.4, -0.2) is 41.2 Å². The Kier molecular flexibility index (Phi) is 6.42. The van der Waals surface area contributed by atoms with Gasteiger partial charge in [-0.2, -0.15) is 0 Å². The molecule has 0 aliphatic heterocycles. The first-order valence-corrected chi connectivity index (χ1v) is 6.99. The van der Waals surface area contributed by atoms with Gasteiger partial charge in [0.1, 0.15) is 5.75 Å². The molecule has 0 fully saturated rings. The maximum Gasteiger partial charge on any atom is 0.253 e. The zero-order valence-electron chi connectivity index (χ0n) is 10.4. The van der Waals surface area contributed by atoms with Crippen LogP contribution in [0.15, 0.2) is 18.2 Å². The van der Waals surface area contributed by atoms with E-state index in [4.69, 9.17) is 5.11 Å². The SMILES string of the molecule is CN(CCCCCO)C(=O)c1ccc(I)c(O)c1. The lowest BCUT2D eigenvalue weighted by atomic mass is 10.2. The van der Waals surface area contributed by atoms with Gasteiger partial charge < -0.3 is 15.1 Å². The van der Waals surface area contributed by atoms with Gasteiger partial charge in [0.2, 0.25) is 0 Å². The van der Waals surface area contributed by atoms with E-state index in [1.165, 1.54) is 6.07 Å². The first kappa shape index (κ1) is 15.2. The molecule has 0 atom stereocenters. The molecular weight excluding hydrogens is 345 g/mol. The molecule has 0 saturated heterocycles. The molecule has 1 aromatic carbocycles. The number of amides is 1. The standard InChI is InChI=1S/C13H18INO3/c1-15(7-3-2-4-8-16)13(18)10-5-6-11(14)12(17)9-10/h5-6,9,16-17H,2-4,7-8H2,1H3. The molecule has 0 saturated carbocycles. The number of hydrogen-bond acceptors (Lipinski definition) is 3. The lowest BCUT2D eigenvalue weighted by molar-refractivity contribution is 0.0791. The third kappa shape index (κ3) is 4.45. The number of aliphatic hydroxyl groups is 1. The van der Waals surface area contributed by atoms with E-state index >= 15 is 0 Å². The molecule has 1 amide bonds. The lowest BCUT2D eigenvalue weighted by Crippen LogP contribution is -2.27. The van der Waals surface area contributed by atoms with E-state index < -0.39 is 0 Å². The number of halogens is 1. The Morgan fingerprint density at radius 1 is 1.33 bits per heavy atom. The average molecular weight is 363 g/mol. The summed E-state index contributed by atoms with van der Waals surface area (Å²) in [6, 6.07) is 4.94. The topological polar surface area (TPSA) is 60.8 Å². The minimum atomic E-state index is -0.0919. The summed E-state index contributed by atoms with van der Waals surface area (Å²) >= 11 is 2.02. The van der Waals surface area contributed by atoms with Crippen molar-refractivity contribution < 1.29 is 15.0 Å². The normalized spacial score (nSPS) is 10.4. The largest absolute Gasteiger partial charge is 0.507 e. The number of unbranched alkanes of at least 4 members (excludes halogenated alkanes) is 2. The molecule has 0 aliphatic rings. The Hall–Kier alpha value is -0.820. The van der Waals surface area contributed by atoms with Crippen molar-refractivity contribution in [2.45, 2.75) is 19.3 Å². The summed E-state index contributed by atoms with van der Waals surface area (Å²) in [6.07, 6.45) is 2.55. The fourth-order valence-electron chi connectivity index (χ4n) is 1.61. The van der Waals surface area contributed by atoms with E-state index in [0.717, 1.165) is 22.8 Å². The van der Waals surface area contributed by atoms with Crippen molar-refractivity contribution >= 4 is 28.5 Å². The number of aromatic hydroxyl groups is 1. The van der Waals surface area contributed by atoms with E-state index in [1.807, 2.05) is 22.6 Å². The molecule has 1 aromatic rings. The molecule has 0 spiro atoms. The highest BCUT2D eigenvalue weighted by Gasteiger charge is 2.12. The summed E-state index contributed by atoms with van der Waals surface area (Å²) in [5.74, 6) is 0.0424. The van der Waals surface area contributed by atoms with Gasteiger partial charge in [0.15, 0.2) is 0 Å². The van der Waals surface area contributed by atoms with E-state index in [1.54, 1.807) is 24.1 Å². The van der Waals surface area contributed by atoms with Crippen molar-refractivity contribution in [2.24, 2.45) is 0 Å². The predicted molar refractivity (Wildman–Crippen MR) is 78.7 cm³/mol. The molecule has 0 radical (unpaired) electrons. The van der Waals surface area contributed by atoms with Crippen LogP contribution in [0.5, 0.6) is 5.75 Å². The van der Waals surface area contributed by atoms with E-state index in [2.05, 4.69) is 0 Å². The Morgan fingerprint density at radius 2 is 2.06 bits per heavy atom. The van der Waals surface area contributed by atoms with Crippen molar-refractivity contribution in [1.82, 2.24) is 4.90 Å². The highest BCUT2D eigenvalue weighted by Crippen LogP contribution is 2.21. The van der Waals surface area contributed by atoms with Crippen LogP contribution >= 0.6 is 22.6 Å². The molecule has 1 rings (SSSR count). The van der Waals surface area contributed by atoms with Crippen LogP contribution in [0.3, 0.4) is 0 Å². The molecule has 0 aromatic heterocycles. The van der Waals surface area contributed by atoms with Crippen LogP contribution in [0.2, 0.25) is 0 Å². The van der Waals surface area contributed by atoms with Crippen LogP contribution in [0.25, 0.3) is 0 Å². The fourth-order valence-corrected chi connectivity index (χ4v) is 1.94. The summed E-state index contributed by atoms with van der Waals surface area (Å²) in [6.45, 7) is 0.855. The summed E-state index contributed by atoms with van der Waals surface area (Å²) in [5.41, 5.74) is 0.498. The van der Waals surface area contributed by atoms with Gasteiger partial charge in [0.05, 0.1) is 3.57 Å². The number of phenols is 1. The van der Waals surface area contributed by atoms with E-state index in [-0.39, 0.29) is 18.3 Å². The van der Waals surface area contributed by atoms with Crippen LogP contribution in [-0.2, 0) is 0 Å². The van der Waals surface area contributed by atoms with Gasteiger partial charge >= 0.3 is 0 Å². The molecule has 0 aliphatic carbocycles. The summed E-state index contributed by atoms with van der Waals surface area (Å²) in [7, 11) is 1.75. The van der Waals surface area contributed by atoms with Crippen LogP contribution in [0.1, 0.15) is 29.6 Å². The Morgan fingerprint density at radius 3 is 2.67 bits per heavy atom. The Bertz CT molecular complexity index is 409. The zero-order valence-corrected chi connectivity index (χ0v) is 12.6. The van der Waals surface area contributed by atoms with Gasteiger partial charge in [-0.05, 0) is 60.1 Å². The maximum atomic E-state index is 12.0. The molecule has 0 bridgehead atoms. The molecular formula is C13H18INO3. The molecule has 5 heteroatoms. The van der Waals surface area contributed by atoms with E-state index in [9.17, 15) is 9.90 Å². The summed E-state index contributed by atoms with van der Waals surface area (Å²) in [4.78, 5) is 13.7. The van der Waals surface area contributed by atoms with Crippen molar-refractivity contribution in [1.29, 1.82) is 0 Å². The quantitative estimate of drug-likeness (QED) is 0.602. The Balaban J connectivity index is 2.54. The summed E-state index contributed by atoms with van der Waals surface area (Å²) < 4.78 is 0.731. The van der Waals surface area contributed by atoms with Gasteiger partial charge in [-0.3, -0.25) is 4.79 Å². The van der Waals surface area contributed by atoms with Gasteiger partial charge in [-0.25, -0.2) is 0 Å². The fraction of sp³-hybridized carbons (Fsp3) is 0.462. The third-order valence-corrected chi connectivity index (χ3v) is 3.60. The number of carbonyl (C=O) groups excluding carboxylic acids is 1. The number of phenolic OH excluding ortho intramolecular Hbond substituents is 1. The Labute approximate surface area is 121 Å². The van der Waals surface area contributed by atoms with Gasteiger partial charge in [-0.1, -0.05) is 0 Å². The smallest absolute Gasteiger partial charge is 0.253 e. The molecule has 100 valence electrons. The number of benzene rings is 1. The first-order valence-electron chi connectivity index (χ1n) is 5.91. The van der Waals surface area contributed by atoms with E-state index in [0.29, 0.717) is 12.1 Å². The number of aliphatic hydroxyl groups excluding tert-OH is 1. The second kappa shape index (κ2) is 7.58. The first-order chi connectivity index (χ1) is 8.56. The molecule has 18 heavy (non-hydrogen) atoms. The van der Waals surface area contributed by atoms with Crippen molar-refractivity contribution in [3.63, 3.8) is 0 Å². The minimum Gasteiger partial charge on any atom is -0.507 e. The van der Waals surface area contributed by atoms with Crippen molar-refractivity contribution in [3.8, 4) is 5.75 Å². The van der Waals surface area contributed by atoms with Gasteiger partial charge in [0, 0.05) is 25.8 Å². The average Bonchev–Trinajstić information content (AvgIpc) is 2.37. The van der Waals surface area contributed by atoms with Crippen molar-refractivity contribution in [3.05, 3.63) is 27.3 Å². The number of hydrogen-bond donors (Lipinski definition) is 2. The third-order valence-electron chi connectivity index (χ3n) is 2.69. The number of rotatable bonds is 6. The number of carbonyl (C=O) groups is 1. The molecule has 0 unspecified atom stereocenters. The van der Waals surface area contributed by atoms with Crippen LogP contribution < -0.4 is 0 Å². The van der Waals surface area contributed by atoms with Gasteiger partial charge in [0.25, 0.3) is 5.91 Å². The van der Waals surface area contributed by atoms with Crippen LogP contribution in [0.4, 0.5) is 0 Å². The predicted octanol–water partition coefficient (Wildman–Crippen LogP) is 2.23. The molecule has 2 N–H and O–H groups in total. The highest BCUT2D eigenvalue weighted by atomic mass is 127. The molecule has 0 heterocycles. The second-order valence-corrected chi connectivity index (χ2v) is 5.34. The lowest BCUT2D eigenvalue weighted by Gasteiger charge is -2.17. The van der Waals surface area contributed by atoms with Crippen molar-refractivity contribution in [2.75, 3.05) is 20.2 Å². The minimum absolute atomic E-state index is 0.0919. The summed E-state index contributed by atoms with van der Waals surface area (Å²) in [5, 5.41) is 18.2. The second-order valence-electron chi connectivity index (χ2n) is 4.18.